The summed E-state index contributed by atoms with van der Waals surface area (Å²) in [5.41, 5.74) is 4.12. The predicted molar refractivity (Wildman–Crippen MR) is 209 cm³/mol. The lowest BCUT2D eigenvalue weighted by atomic mass is 9.73. The van der Waals surface area contributed by atoms with Crippen molar-refractivity contribution in [2.45, 2.75) is 122 Å². The van der Waals surface area contributed by atoms with E-state index < -0.39 is 0 Å². The third-order valence-electron chi connectivity index (χ3n) is 11.4. The van der Waals surface area contributed by atoms with Crippen LogP contribution >= 0.6 is 11.8 Å². The highest BCUT2D eigenvalue weighted by molar-refractivity contribution is 8.00. The molecule has 4 rings (SSSR count). The van der Waals surface area contributed by atoms with E-state index in [-0.39, 0.29) is 4.75 Å². The van der Waals surface area contributed by atoms with Crippen molar-refractivity contribution >= 4 is 11.8 Å². The van der Waals surface area contributed by atoms with Gasteiger partial charge in [-0.05, 0) is 91.4 Å². The van der Waals surface area contributed by atoms with Crippen molar-refractivity contribution in [1.29, 1.82) is 0 Å². The maximum Gasteiger partial charge on any atom is 0.0906 e. The van der Waals surface area contributed by atoms with Crippen molar-refractivity contribution in [1.82, 2.24) is 4.90 Å². The molecule has 1 fully saturated rings. The Kier molecular flexibility index (Phi) is 17.0. The van der Waals surface area contributed by atoms with Gasteiger partial charge in [0.05, 0.1) is 4.75 Å². The maximum absolute atomic E-state index is 2.78. The van der Waals surface area contributed by atoms with Gasteiger partial charge in [0.2, 0.25) is 0 Å². The predicted octanol–water partition coefficient (Wildman–Crippen LogP) is 13.0. The van der Waals surface area contributed by atoms with Crippen LogP contribution in [0.5, 0.6) is 0 Å². The van der Waals surface area contributed by atoms with Gasteiger partial charge >= 0.3 is 0 Å². The second-order valence-corrected chi connectivity index (χ2v) is 16.1. The average molecular weight is 654 g/mol. The second kappa shape index (κ2) is 21.1. The van der Waals surface area contributed by atoms with Crippen molar-refractivity contribution < 1.29 is 0 Å². The van der Waals surface area contributed by atoms with E-state index in [0.29, 0.717) is 0 Å². The third-order valence-corrected chi connectivity index (χ3v) is 13.0. The van der Waals surface area contributed by atoms with Crippen molar-refractivity contribution in [3.63, 3.8) is 0 Å². The lowest BCUT2D eigenvalue weighted by Gasteiger charge is -2.39. The summed E-state index contributed by atoms with van der Waals surface area (Å²) in [5, 5.41) is 0. The second-order valence-electron chi connectivity index (χ2n) is 14.8. The van der Waals surface area contributed by atoms with Crippen molar-refractivity contribution in [3.8, 4) is 0 Å². The lowest BCUT2D eigenvalue weighted by molar-refractivity contribution is 0.115. The van der Waals surface area contributed by atoms with Gasteiger partial charge in [0, 0.05) is 0 Å². The van der Waals surface area contributed by atoms with Gasteiger partial charge in [-0.3, -0.25) is 0 Å². The summed E-state index contributed by atoms with van der Waals surface area (Å²) < 4.78 is -0.202. The first kappa shape index (κ1) is 37.8. The Hall–Kier alpha value is -2.03. The fourth-order valence-electron chi connectivity index (χ4n) is 8.26. The molecule has 1 heterocycles. The van der Waals surface area contributed by atoms with Crippen LogP contribution in [0.2, 0.25) is 0 Å². The molecule has 258 valence electrons. The molecular formula is C45H67NS. The molecule has 3 unspecified atom stereocenters. The van der Waals surface area contributed by atoms with Crippen molar-refractivity contribution in [2.24, 2.45) is 23.7 Å². The number of piperidine rings is 1. The number of unbranched alkanes of at least 4 members (excludes halogenated alkanes) is 5. The molecule has 1 aliphatic heterocycles. The minimum Gasteiger partial charge on any atom is -0.303 e. The van der Waals surface area contributed by atoms with E-state index in [1.165, 1.54) is 126 Å². The number of benzene rings is 3. The molecule has 3 aromatic carbocycles. The average Bonchev–Trinajstić information content (AvgIpc) is 3.13. The monoisotopic (exact) mass is 653 g/mol. The smallest absolute Gasteiger partial charge is 0.0906 e. The van der Waals surface area contributed by atoms with Crippen LogP contribution in [-0.4, -0.2) is 30.3 Å². The zero-order valence-corrected chi connectivity index (χ0v) is 31.4. The minimum absolute atomic E-state index is 0.202. The van der Waals surface area contributed by atoms with Crippen molar-refractivity contribution in [2.75, 3.05) is 25.4 Å². The summed E-state index contributed by atoms with van der Waals surface area (Å²) in [7, 11) is 0. The van der Waals surface area contributed by atoms with Crippen LogP contribution < -0.4 is 0 Å². The third kappa shape index (κ3) is 11.5. The maximum atomic E-state index is 2.78. The molecule has 0 radical (unpaired) electrons. The lowest BCUT2D eigenvalue weighted by Crippen LogP contribution is -2.38. The summed E-state index contributed by atoms with van der Waals surface area (Å²) in [6.07, 6.45) is 19.6. The van der Waals surface area contributed by atoms with E-state index in [1.54, 1.807) is 0 Å². The van der Waals surface area contributed by atoms with E-state index in [0.717, 1.165) is 29.4 Å². The molecule has 3 atom stereocenters. The molecule has 1 nitrogen and oxygen atoms in total. The Morgan fingerprint density at radius 2 is 1.13 bits per heavy atom. The first-order valence-electron chi connectivity index (χ1n) is 19.6. The van der Waals surface area contributed by atoms with Gasteiger partial charge in [0.25, 0.3) is 0 Å². The van der Waals surface area contributed by atoms with E-state index in [4.69, 9.17) is 0 Å². The number of thioether (sulfide) groups is 1. The normalized spacial score (nSPS) is 16.6. The largest absolute Gasteiger partial charge is 0.303 e. The summed E-state index contributed by atoms with van der Waals surface area (Å²) in [5.74, 6) is 4.76. The highest BCUT2D eigenvalue weighted by Crippen LogP contribution is 2.48. The zero-order chi connectivity index (χ0) is 33.2. The molecule has 1 saturated heterocycles. The molecule has 1 aliphatic rings. The minimum atomic E-state index is -0.202. The Labute approximate surface area is 294 Å². The Bertz CT molecular complexity index is 1090. The fraction of sp³-hybridized carbons (Fsp3) is 0.600. The van der Waals surface area contributed by atoms with Crippen LogP contribution in [0.4, 0.5) is 0 Å². The van der Waals surface area contributed by atoms with Crippen LogP contribution in [0.25, 0.3) is 0 Å². The highest BCUT2D eigenvalue weighted by atomic mass is 32.2. The topological polar surface area (TPSA) is 3.24 Å². The summed E-state index contributed by atoms with van der Waals surface area (Å²) in [4.78, 5) is 2.78. The zero-order valence-electron chi connectivity index (χ0n) is 30.6. The highest BCUT2D eigenvalue weighted by Gasteiger charge is 2.37. The number of likely N-dealkylation sites (tertiary alicyclic amines) is 1. The molecule has 2 heteroatoms. The van der Waals surface area contributed by atoms with Gasteiger partial charge in [-0.25, -0.2) is 0 Å². The Balaban J connectivity index is 1.30. The molecule has 0 amide bonds. The van der Waals surface area contributed by atoms with Gasteiger partial charge in [-0.1, -0.05) is 183 Å². The van der Waals surface area contributed by atoms with Crippen molar-refractivity contribution in [3.05, 3.63) is 108 Å². The van der Waals surface area contributed by atoms with E-state index in [1.807, 2.05) is 0 Å². The first-order valence-corrected chi connectivity index (χ1v) is 20.6. The number of hydrogen-bond acceptors (Lipinski definition) is 2. The van der Waals surface area contributed by atoms with Crippen LogP contribution in [-0.2, 0) is 4.75 Å². The number of rotatable bonds is 22. The number of nitrogens with zero attached hydrogens (tertiary/aromatic N) is 1. The van der Waals surface area contributed by atoms with Gasteiger partial charge < -0.3 is 4.90 Å². The molecular weight excluding hydrogens is 587 g/mol. The van der Waals surface area contributed by atoms with Gasteiger partial charge in [0.15, 0.2) is 0 Å². The van der Waals surface area contributed by atoms with E-state index >= 15 is 0 Å². The van der Waals surface area contributed by atoms with Gasteiger partial charge in [-0.15, -0.1) is 11.8 Å². The SMILES string of the molecule is CCCCCCC(C)CCC(CCCCC)C(C)C1CCN(CCCSC(c2ccccc2)(c2ccccc2)c2ccccc2)CC1. The Morgan fingerprint density at radius 1 is 0.617 bits per heavy atom. The fourth-order valence-corrected chi connectivity index (χ4v) is 9.75. The molecule has 0 aromatic heterocycles. The number of hydrogen-bond donors (Lipinski definition) is 0. The summed E-state index contributed by atoms with van der Waals surface area (Å²) in [6.45, 7) is 13.6. The van der Waals surface area contributed by atoms with Crippen LogP contribution in [0.15, 0.2) is 91.0 Å². The molecule has 0 bridgehead atoms. The summed E-state index contributed by atoms with van der Waals surface area (Å²) in [6, 6.07) is 33.6. The van der Waals surface area contributed by atoms with Gasteiger partial charge in [0.1, 0.15) is 0 Å². The van der Waals surface area contributed by atoms with Crippen LogP contribution in [0.3, 0.4) is 0 Å². The molecule has 3 aromatic rings. The standard InChI is InChI=1S/C45H67NS/c1-5-7-9-14-22-38(3)30-31-40(23-13-8-6-2)39(4)41-32-35-46(36-33-41)34-21-37-47-45(42-24-15-10-16-25-42,43-26-17-11-18-27-43)44-28-19-12-20-29-44/h10-12,15-20,24-29,38-41H,5-9,13-14,21-23,30-37H2,1-4H3. The van der Waals surface area contributed by atoms with E-state index in [2.05, 4.69) is 135 Å². The quantitative estimate of drug-likeness (QED) is 0.0784. The molecule has 47 heavy (non-hydrogen) atoms. The van der Waals surface area contributed by atoms with Gasteiger partial charge in [-0.2, -0.15) is 0 Å². The molecule has 0 aliphatic carbocycles. The van der Waals surface area contributed by atoms with Crippen LogP contribution in [0.1, 0.15) is 134 Å². The van der Waals surface area contributed by atoms with E-state index in [9.17, 15) is 0 Å². The Morgan fingerprint density at radius 3 is 1.66 bits per heavy atom. The molecule has 0 N–H and O–H groups in total. The molecule has 0 saturated carbocycles. The first-order chi connectivity index (χ1) is 23.1. The van der Waals surface area contributed by atoms with Crippen LogP contribution in [0, 0.1) is 23.7 Å². The summed E-state index contributed by atoms with van der Waals surface area (Å²) >= 11 is 2.12. The molecule has 0 spiro atoms.